The molecule has 0 saturated carbocycles. The summed E-state index contributed by atoms with van der Waals surface area (Å²) in [4.78, 5) is 28.8. The van der Waals surface area contributed by atoms with E-state index in [1.54, 1.807) is 7.11 Å². The molecule has 0 bridgehead atoms. The molecule has 3 amide bonds. The zero-order chi connectivity index (χ0) is 18.2. The average Bonchev–Trinajstić information content (AvgIpc) is 2.92. The first-order valence-electron chi connectivity index (χ1n) is 8.29. The molecule has 0 spiro atoms. The van der Waals surface area contributed by atoms with Gasteiger partial charge in [0.05, 0.1) is 20.2 Å². The molecule has 1 aliphatic heterocycles. The van der Waals surface area contributed by atoms with Gasteiger partial charge in [-0.15, -0.1) is 0 Å². The number of aliphatic imine (C=N–C) groups is 1. The summed E-state index contributed by atoms with van der Waals surface area (Å²) < 4.78 is 5.39. The molecule has 25 heavy (non-hydrogen) atoms. The number of carbonyl (C=O) groups excluding carboxylic acids is 2. The second-order valence-electron chi connectivity index (χ2n) is 5.64. The molecular formula is C17H25N5O3. The number of guanidine groups is 1. The van der Waals surface area contributed by atoms with Gasteiger partial charge >= 0.3 is 6.03 Å². The van der Waals surface area contributed by atoms with Crippen molar-refractivity contribution in [3.63, 3.8) is 0 Å². The Morgan fingerprint density at radius 1 is 1.36 bits per heavy atom. The predicted octanol–water partition coefficient (Wildman–Crippen LogP) is 0.611. The molecule has 1 aromatic rings. The van der Waals surface area contributed by atoms with E-state index in [1.807, 2.05) is 32.0 Å². The molecule has 1 fully saturated rings. The molecule has 136 valence electrons. The van der Waals surface area contributed by atoms with Gasteiger partial charge in [-0.05, 0) is 25.5 Å². The zero-order valence-electron chi connectivity index (χ0n) is 14.9. The van der Waals surface area contributed by atoms with Gasteiger partial charge in [0.25, 0.3) is 0 Å². The summed E-state index contributed by atoms with van der Waals surface area (Å²) in [5.41, 5.74) is 2.11. The number of nitrogens with one attached hydrogen (secondary N) is 3. The third-order valence-electron chi connectivity index (χ3n) is 3.76. The van der Waals surface area contributed by atoms with Crippen molar-refractivity contribution in [3.8, 4) is 5.75 Å². The topological polar surface area (TPSA) is 95.1 Å². The minimum absolute atomic E-state index is 0.0697. The van der Waals surface area contributed by atoms with Crippen LogP contribution in [0.5, 0.6) is 5.75 Å². The van der Waals surface area contributed by atoms with Crippen molar-refractivity contribution in [1.29, 1.82) is 0 Å². The quantitative estimate of drug-likeness (QED) is 0.382. The van der Waals surface area contributed by atoms with Gasteiger partial charge in [0.15, 0.2) is 5.96 Å². The molecular weight excluding hydrogens is 322 g/mol. The van der Waals surface area contributed by atoms with E-state index in [1.165, 1.54) is 4.90 Å². The molecule has 1 heterocycles. The van der Waals surface area contributed by atoms with Gasteiger partial charge in [-0.25, -0.2) is 9.79 Å². The van der Waals surface area contributed by atoms with Crippen LogP contribution in [0.2, 0.25) is 0 Å². The lowest BCUT2D eigenvalue weighted by molar-refractivity contribution is -0.124. The summed E-state index contributed by atoms with van der Waals surface area (Å²) in [7, 11) is 1.64. The number of aryl methyl sites for hydroxylation is 1. The van der Waals surface area contributed by atoms with Gasteiger partial charge < -0.3 is 20.7 Å². The van der Waals surface area contributed by atoms with E-state index in [9.17, 15) is 9.59 Å². The Kier molecular flexibility index (Phi) is 6.62. The Bertz CT molecular complexity index is 644. The first kappa shape index (κ1) is 18.6. The fourth-order valence-corrected chi connectivity index (χ4v) is 2.46. The maximum Gasteiger partial charge on any atom is 0.324 e. The van der Waals surface area contributed by atoms with Crippen LogP contribution < -0.4 is 20.7 Å². The summed E-state index contributed by atoms with van der Waals surface area (Å²) in [6, 6.07) is 5.64. The number of amides is 3. The Morgan fingerprint density at radius 2 is 2.16 bits per heavy atom. The number of hydrogen-bond acceptors (Lipinski definition) is 4. The largest absolute Gasteiger partial charge is 0.496 e. The van der Waals surface area contributed by atoms with E-state index in [-0.39, 0.29) is 18.5 Å². The molecule has 3 N–H and O–H groups in total. The maximum absolute atomic E-state index is 11.5. The monoisotopic (exact) mass is 347 g/mol. The second kappa shape index (κ2) is 8.91. The number of methoxy groups -OCH3 is 1. The van der Waals surface area contributed by atoms with Crippen LogP contribution in [0.3, 0.4) is 0 Å². The number of hydrogen-bond donors (Lipinski definition) is 3. The fraction of sp³-hybridized carbons (Fsp3) is 0.471. The minimum atomic E-state index is -0.349. The average molecular weight is 347 g/mol. The highest BCUT2D eigenvalue weighted by atomic mass is 16.5. The highest BCUT2D eigenvalue weighted by molar-refractivity contribution is 6.01. The first-order chi connectivity index (χ1) is 12.0. The smallest absolute Gasteiger partial charge is 0.324 e. The molecule has 0 aromatic heterocycles. The molecule has 1 aromatic carbocycles. The fourth-order valence-electron chi connectivity index (χ4n) is 2.46. The summed E-state index contributed by atoms with van der Waals surface area (Å²) >= 11 is 0. The standard InChI is InChI=1S/C17H25N5O3/c1-4-18-16(19-7-8-22-15(23)11-21-17(22)24)20-10-13-6-5-12(2)9-14(13)25-3/h5-6,9H,4,7-8,10-11H2,1-3H3,(H,21,24)(H2,18,19,20). The van der Waals surface area contributed by atoms with Crippen LogP contribution in [-0.4, -0.2) is 56.1 Å². The highest BCUT2D eigenvalue weighted by Gasteiger charge is 2.27. The van der Waals surface area contributed by atoms with E-state index >= 15 is 0 Å². The number of urea groups is 1. The maximum atomic E-state index is 11.5. The number of nitrogens with zero attached hydrogens (tertiary/aromatic N) is 2. The zero-order valence-corrected chi connectivity index (χ0v) is 14.9. The molecule has 8 nitrogen and oxygen atoms in total. The van der Waals surface area contributed by atoms with Crippen molar-refractivity contribution in [2.24, 2.45) is 4.99 Å². The van der Waals surface area contributed by atoms with Crippen molar-refractivity contribution >= 4 is 17.9 Å². The molecule has 1 aliphatic rings. The van der Waals surface area contributed by atoms with Gasteiger partial charge in [0.1, 0.15) is 5.75 Å². The van der Waals surface area contributed by atoms with Gasteiger partial charge in [0.2, 0.25) is 5.91 Å². The van der Waals surface area contributed by atoms with Crippen molar-refractivity contribution < 1.29 is 14.3 Å². The van der Waals surface area contributed by atoms with Crippen molar-refractivity contribution in [2.45, 2.75) is 20.4 Å². The molecule has 2 rings (SSSR count). The SMILES string of the molecule is CCNC(=NCc1ccc(C)cc1OC)NCCN1C(=O)CNC1=O. The molecule has 0 aliphatic carbocycles. The lowest BCUT2D eigenvalue weighted by atomic mass is 10.1. The van der Waals surface area contributed by atoms with Crippen LogP contribution in [-0.2, 0) is 11.3 Å². The van der Waals surface area contributed by atoms with Crippen molar-refractivity contribution in [3.05, 3.63) is 29.3 Å². The predicted molar refractivity (Wildman–Crippen MR) is 95.7 cm³/mol. The number of benzene rings is 1. The lowest BCUT2D eigenvalue weighted by Crippen LogP contribution is -2.43. The summed E-state index contributed by atoms with van der Waals surface area (Å²) in [5, 5.41) is 8.77. The van der Waals surface area contributed by atoms with E-state index < -0.39 is 0 Å². The minimum Gasteiger partial charge on any atom is -0.496 e. The van der Waals surface area contributed by atoms with E-state index in [0.29, 0.717) is 32.1 Å². The van der Waals surface area contributed by atoms with E-state index in [0.717, 1.165) is 16.9 Å². The number of imide groups is 1. The molecule has 1 saturated heterocycles. The van der Waals surface area contributed by atoms with Crippen LogP contribution in [0.4, 0.5) is 4.79 Å². The summed E-state index contributed by atoms with van der Waals surface area (Å²) in [6.45, 7) is 5.94. The number of carbonyl (C=O) groups is 2. The Hall–Kier alpha value is -2.77. The van der Waals surface area contributed by atoms with Crippen molar-refractivity contribution in [1.82, 2.24) is 20.9 Å². The van der Waals surface area contributed by atoms with Gasteiger partial charge in [-0.1, -0.05) is 12.1 Å². The molecule has 0 radical (unpaired) electrons. The van der Waals surface area contributed by atoms with E-state index in [4.69, 9.17) is 4.74 Å². The van der Waals surface area contributed by atoms with Crippen molar-refractivity contribution in [2.75, 3.05) is 33.3 Å². The van der Waals surface area contributed by atoms with Gasteiger partial charge in [-0.2, -0.15) is 0 Å². The third-order valence-corrected chi connectivity index (χ3v) is 3.76. The normalized spacial score (nSPS) is 14.5. The van der Waals surface area contributed by atoms with E-state index in [2.05, 4.69) is 20.9 Å². The number of ether oxygens (including phenoxy) is 1. The molecule has 0 atom stereocenters. The molecule has 0 unspecified atom stereocenters. The Balaban J connectivity index is 1.94. The number of rotatable bonds is 7. The summed E-state index contributed by atoms with van der Waals surface area (Å²) in [6.07, 6.45) is 0. The van der Waals surface area contributed by atoms with Gasteiger partial charge in [-0.3, -0.25) is 9.69 Å². The van der Waals surface area contributed by atoms with Crippen LogP contribution in [0.1, 0.15) is 18.1 Å². The lowest BCUT2D eigenvalue weighted by Gasteiger charge is -2.15. The Morgan fingerprint density at radius 3 is 2.80 bits per heavy atom. The second-order valence-corrected chi connectivity index (χ2v) is 5.64. The Labute approximate surface area is 147 Å². The first-order valence-corrected chi connectivity index (χ1v) is 8.29. The highest BCUT2D eigenvalue weighted by Crippen LogP contribution is 2.20. The summed E-state index contributed by atoms with van der Waals surface area (Å²) in [5.74, 6) is 1.22. The van der Waals surface area contributed by atoms with Crippen LogP contribution in [0.25, 0.3) is 0 Å². The van der Waals surface area contributed by atoms with Crippen LogP contribution >= 0.6 is 0 Å². The molecule has 8 heteroatoms. The van der Waals surface area contributed by atoms with Crippen LogP contribution in [0.15, 0.2) is 23.2 Å². The van der Waals surface area contributed by atoms with Gasteiger partial charge in [0, 0.05) is 25.2 Å². The van der Waals surface area contributed by atoms with Crippen LogP contribution in [0, 0.1) is 6.92 Å². The third kappa shape index (κ3) is 5.10.